The van der Waals surface area contributed by atoms with E-state index >= 15 is 0 Å². The molecule has 0 fully saturated rings. The molecule has 2 heterocycles. The van der Waals surface area contributed by atoms with E-state index in [9.17, 15) is 19.5 Å². The number of carboxylic acids is 1. The highest BCUT2D eigenvalue weighted by Crippen LogP contribution is 2.25. The number of amides is 1. The first-order valence-corrected chi connectivity index (χ1v) is 7.83. The number of fused-ring (bicyclic) bond motifs is 1. The molecule has 1 N–H and O–H groups in total. The van der Waals surface area contributed by atoms with Gasteiger partial charge in [-0.25, -0.2) is 4.79 Å². The molecule has 3 rings (SSSR count). The number of aromatic carboxylic acids is 1. The van der Waals surface area contributed by atoms with Gasteiger partial charge in [-0.2, -0.15) is 0 Å². The first-order chi connectivity index (χ1) is 11.9. The molecule has 0 spiro atoms. The lowest BCUT2D eigenvalue weighted by Gasteiger charge is -2.29. The number of rotatable bonds is 3. The van der Waals surface area contributed by atoms with Crippen LogP contribution in [0.15, 0.2) is 35.3 Å². The van der Waals surface area contributed by atoms with Crippen LogP contribution in [0.3, 0.4) is 0 Å². The second kappa shape index (κ2) is 6.43. The van der Waals surface area contributed by atoms with Crippen molar-refractivity contribution in [3.8, 4) is 11.4 Å². The van der Waals surface area contributed by atoms with Crippen LogP contribution in [-0.2, 0) is 17.8 Å². The molecule has 1 aromatic carbocycles. The number of ether oxygens (including phenoxy) is 1. The lowest BCUT2D eigenvalue weighted by molar-refractivity contribution is -0.129. The summed E-state index contributed by atoms with van der Waals surface area (Å²) in [5.41, 5.74) is 0.768. The summed E-state index contributed by atoms with van der Waals surface area (Å²) in [6.45, 7) is 2.15. The van der Waals surface area contributed by atoms with Gasteiger partial charge in [-0.1, -0.05) is 12.1 Å². The topological polar surface area (TPSA) is 88.8 Å². The smallest absolute Gasteiger partial charge is 0.341 e. The van der Waals surface area contributed by atoms with Gasteiger partial charge in [0.05, 0.1) is 12.8 Å². The number of hydrogen-bond acceptors (Lipinski definition) is 4. The van der Waals surface area contributed by atoms with Crippen molar-refractivity contribution in [2.45, 2.75) is 19.9 Å². The third-order valence-corrected chi connectivity index (χ3v) is 4.40. The van der Waals surface area contributed by atoms with E-state index in [0.717, 1.165) is 0 Å². The number of para-hydroxylation sites is 2. The molecule has 7 heteroatoms. The van der Waals surface area contributed by atoms with E-state index < -0.39 is 11.5 Å². The summed E-state index contributed by atoms with van der Waals surface area (Å²) in [4.78, 5) is 37.8. The molecule has 0 atom stereocenters. The van der Waals surface area contributed by atoms with Gasteiger partial charge in [-0.15, -0.1) is 0 Å². The molecule has 0 saturated carbocycles. The van der Waals surface area contributed by atoms with Crippen molar-refractivity contribution in [1.82, 2.24) is 9.47 Å². The Kier molecular flexibility index (Phi) is 4.31. The summed E-state index contributed by atoms with van der Waals surface area (Å²) in [6.07, 6.45) is 1.95. The number of benzene rings is 1. The van der Waals surface area contributed by atoms with Gasteiger partial charge in [0, 0.05) is 26.2 Å². The lowest BCUT2D eigenvalue weighted by atomic mass is 9.96. The monoisotopic (exact) mass is 342 g/mol. The van der Waals surface area contributed by atoms with Crippen LogP contribution in [0.2, 0.25) is 0 Å². The maximum atomic E-state index is 12.8. The lowest BCUT2D eigenvalue weighted by Crippen LogP contribution is -2.38. The number of methoxy groups -OCH3 is 1. The molecule has 1 aromatic heterocycles. The predicted molar refractivity (Wildman–Crippen MR) is 90.3 cm³/mol. The second-order valence-corrected chi connectivity index (χ2v) is 5.85. The Morgan fingerprint density at radius 1 is 1.24 bits per heavy atom. The highest BCUT2D eigenvalue weighted by Gasteiger charge is 2.27. The summed E-state index contributed by atoms with van der Waals surface area (Å²) in [7, 11) is 1.48. The van der Waals surface area contributed by atoms with Crippen molar-refractivity contribution in [3.63, 3.8) is 0 Å². The molecule has 0 saturated heterocycles. The summed E-state index contributed by atoms with van der Waals surface area (Å²) >= 11 is 0. The Balaban J connectivity index is 2.26. The Labute approximate surface area is 144 Å². The summed E-state index contributed by atoms with van der Waals surface area (Å²) in [6, 6.07) is 6.89. The van der Waals surface area contributed by atoms with Gasteiger partial charge in [0.2, 0.25) is 5.91 Å². The molecule has 0 radical (unpaired) electrons. The van der Waals surface area contributed by atoms with Crippen LogP contribution in [0, 0.1) is 0 Å². The Morgan fingerprint density at radius 3 is 2.60 bits per heavy atom. The Hall–Kier alpha value is -3.09. The Morgan fingerprint density at radius 2 is 1.96 bits per heavy atom. The number of aromatic nitrogens is 1. The number of hydrogen-bond donors (Lipinski definition) is 1. The van der Waals surface area contributed by atoms with Gasteiger partial charge in [-0.3, -0.25) is 14.2 Å². The van der Waals surface area contributed by atoms with Crippen molar-refractivity contribution in [1.29, 1.82) is 0 Å². The fourth-order valence-corrected chi connectivity index (χ4v) is 3.15. The zero-order chi connectivity index (χ0) is 18.1. The summed E-state index contributed by atoms with van der Waals surface area (Å²) in [5, 5.41) is 9.57. The largest absolute Gasteiger partial charge is 0.495 e. The molecule has 130 valence electrons. The van der Waals surface area contributed by atoms with E-state index in [0.29, 0.717) is 35.5 Å². The van der Waals surface area contributed by atoms with E-state index in [4.69, 9.17) is 4.74 Å². The van der Waals surface area contributed by atoms with Crippen LogP contribution in [0.25, 0.3) is 5.69 Å². The molecule has 7 nitrogen and oxygen atoms in total. The molecule has 1 aliphatic rings. The normalized spacial score (nSPS) is 13.3. The first kappa shape index (κ1) is 16.8. The fourth-order valence-electron chi connectivity index (χ4n) is 3.15. The predicted octanol–water partition coefficient (Wildman–Crippen LogP) is 1.45. The summed E-state index contributed by atoms with van der Waals surface area (Å²) in [5.74, 6) is -0.889. The van der Waals surface area contributed by atoms with Crippen molar-refractivity contribution >= 4 is 11.9 Å². The Bertz CT molecular complexity index is 916. The first-order valence-electron chi connectivity index (χ1n) is 7.83. The van der Waals surface area contributed by atoms with E-state index in [2.05, 4.69) is 0 Å². The maximum Gasteiger partial charge on any atom is 0.341 e. The van der Waals surface area contributed by atoms with Gasteiger partial charge in [0.15, 0.2) is 0 Å². The fraction of sp³-hybridized carbons (Fsp3) is 0.278. The van der Waals surface area contributed by atoms with E-state index in [1.54, 1.807) is 35.4 Å². The summed E-state index contributed by atoms with van der Waals surface area (Å²) < 4.78 is 6.57. The number of pyridine rings is 1. The highest BCUT2D eigenvalue weighted by atomic mass is 16.5. The average molecular weight is 342 g/mol. The molecule has 0 aliphatic carbocycles. The van der Waals surface area contributed by atoms with Crippen molar-refractivity contribution in [3.05, 3.63) is 57.5 Å². The van der Waals surface area contributed by atoms with Gasteiger partial charge in [-0.05, 0) is 29.7 Å². The standard InChI is InChI=1S/C18H18N2O5/c1-11(21)19-8-7-13-12(9-19)10-20(17(22)16(13)18(23)24)14-5-3-4-6-15(14)25-2/h3-6,10H,7-9H2,1-2H3,(H,23,24). The quantitative estimate of drug-likeness (QED) is 0.912. The SMILES string of the molecule is COc1ccccc1-n1cc2c(c(C(=O)O)c1=O)CCN(C(C)=O)C2. The van der Waals surface area contributed by atoms with Crippen LogP contribution in [0.5, 0.6) is 5.75 Å². The molecular formula is C18H18N2O5. The van der Waals surface area contributed by atoms with E-state index in [1.165, 1.54) is 18.6 Å². The third kappa shape index (κ3) is 2.88. The van der Waals surface area contributed by atoms with Crippen LogP contribution in [0.4, 0.5) is 0 Å². The highest BCUT2D eigenvalue weighted by molar-refractivity contribution is 5.89. The van der Waals surface area contributed by atoms with Crippen molar-refractivity contribution in [2.75, 3.05) is 13.7 Å². The molecule has 2 aromatic rings. The van der Waals surface area contributed by atoms with Crippen molar-refractivity contribution < 1.29 is 19.4 Å². The number of carbonyl (C=O) groups excluding carboxylic acids is 1. The van der Waals surface area contributed by atoms with Crippen molar-refractivity contribution in [2.24, 2.45) is 0 Å². The maximum absolute atomic E-state index is 12.8. The minimum Gasteiger partial charge on any atom is -0.495 e. The average Bonchev–Trinajstić information content (AvgIpc) is 2.60. The zero-order valence-corrected chi connectivity index (χ0v) is 14.0. The van der Waals surface area contributed by atoms with Gasteiger partial charge in [0.25, 0.3) is 5.56 Å². The number of nitrogens with zero attached hydrogens (tertiary/aromatic N) is 2. The van der Waals surface area contributed by atoms with Crippen LogP contribution in [-0.4, -0.2) is 40.1 Å². The minimum absolute atomic E-state index is 0.0856. The molecule has 1 amide bonds. The molecule has 1 aliphatic heterocycles. The molecule has 0 bridgehead atoms. The van der Waals surface area contributed by atoms with Gasteiger partial charge in [0.1, 0.15) is 11.3 Å². The molecular weight excluding hydrogens is 324 g/mol. The molecule has 25 heavy (non-hydrogen) atoms. The van der Waals surface area contributed by atoms with Gasteiger partial charge < -0.3 is 14.7 Å². The number of carboxylic acid groups (broad SMARTS) is 1. The van der Waals surface area contributed by atoms with E-state index in [-0.39, 0.29) is 18.0 Å². The molecule has 0 unspecified atom stereocenters. The van der Waals surface area contributed by atoms with Crippen LogP contribution >= 0.6 is 0 Å². The van der Waals surface area contributed by atoms with Gasteiger partial charge >= 0.3 is 5.97 Å². The minimum atomic E-state index is -1.26. The van der Waals surface area contributed by atoms with E-state index in [1.807, 2.05) is 0 Å². The second-order valence-electron chi connectivity index (χ2n) is 5.85. The number of carbonyl (C=O) groups is 2. The van der Waals surface area contributed by atoms with Crippen LogP contribution < -0.4 is 10.3 Å². The van der Waals surface area contributed by atoms with Crippen LogP contribution in [0.1, 0.15) is 28.4 Å². The zero-order valence-electron chi connectivity index (χ0n) is 14.0. The third-order valence-electron chi connectivity index (χ3n) is 4.40.